The zero-order valence-corrected chi connectivity index (χ0v) is 7.64. The van der Waals surface area contributed by atoms with E-state index in [1.165, 1.54) is 11.0 Å². The van der Waals surface area contributed by atoms with Crippen LogP contribution in [0.1, 0.15) is 15.3 Å². The van der Waals surface area contributed by atoms with E-state index in [2.05, 4.69) is 20.8 Å². The zero-order valence-electron chi connectivity index (χ0n) is 7.64. The van der Waals surface area contributed by atoms with Gasteiger partial charge in [0.2, 0.25) is 0 Å². The Balaban J connectivity index is 0. The molecule has 0 aliphatic rings. The number of nitrogens with zero attached hydrogens (tertiary/aromatic N) is 4. The molecule has 0 spiro atoms. The van der Waals surface area contributed by atoms with Gasteiger partial charge in [-0.3, -0.25) is 0 Å². The summed E-state index contributed by atoms with van der Waals surface area (Å²) in [6.07, 6.45) is 0.377. The molecule has 1 heterocycles. The van der Waals surface area contributed by atoms with Crippen molar-refractivity contribution in [2.45, 2.75) is 20.4 Å². The highest BCUT2D eigenvalue weighted by atomic mass is 16.4. The second-order valence-electron chi connectivity index (χ2n) is 1.80. The second-order valence-corrected chi connectivity index (χ2v) is 1.80. The maximum Gasteiger partial charge on any atom is 0.404 e. The first-order valence-electron chi connectivity index (χ1n) is 3.96. The molecular weight excluding hydrogens is 174 g/mol. The lowest BCUT2D eigenvalue weighted by Crippen LogP contribution is -2.25. The first-order valence-corrected chi connectivity index (χ1v) is 3.96. The third-order valence-electron chi connectivity index (χ3n) is 1.01. The van der Waals surface area contributed by atoms with Crippen LogP contribution in [0.4, 0.5) is 4.79 Å². The van der Waals surface area contributed by atoms with Crippen molar-refractivity contribution in [3.8, 4) is 0 Å². The molecular formula is C6H15N5O2. The Morgan fingerprint density at radius 3 is 2.85 bits per heavy atom. The summed E-state index contributed by atoms with van der Waals surface area (Å²) in [6.45, 7) is 4.75. The smallest absolute Gasteiger partial charge is 0.404 e. The number of nitrogens with one attached hydrogen (secondary N) is 1. The van der Waals surface area contributed by atoms with E-state index < -0.39 is 6.09 Å². The van der Waals surface area contributed by atoms with Crippen molar-refractivity contribution >= 4 is 6.09 Å². The third kappa shape index (κ3) is 5.59. The van der Waals surface area contributed by atoms with Gasteiger partial charge in [0.15, 0.2) is 0 Å². The summed E-state index contributed by atoms with van der Waals surface area (Å²) < 4.78 is 1.44. The van der Waals surface area contributed by atoms with Gasteiger partial charge >= 0.3 is 6.09 Å². The molecule has 0 radical (unpaired) electrons. The van der Waals surface area contributed by atoms with Gasteiger partial charge in [-0.1, -0.05) is 13.8 Å². The van der Waals surface area contributed by atoms with E-state index in [4.69, 9.17) is 5.11 Å². The molecule has 1 aromatic heterocycles. The normalized spacial score (nSPS) is 8.46. The fraction of sp³-hybridized carbons (Fsp3) is 0.667. The lowest BCUT2D eigenvalue weighted by molar-refractivity contribution is 0.194. The number of aromatic nitrogens is 4. The molecule has 7 heteroatoms. The first kappa shape index (κ1) is 11.3. The molecule has 13 heavy (non-hydrogen) atoms. The van der Waals surface area contributed by atoms with Gasteiger partial charge in [0.25, 0.3) is 0 Å². The molecule has 0 aliphatic carbocycles. The Morgan fingerprint density at radius 1 is 1.69 bits per heavy atom. The van der Waals surface area contributed by atoms with Crippen LogP contribution in [0, 0.1) is 0 Å². The van der Waals surface area contributed by atoms with Crippen LogP contribution in [0.15, 0.2) is 6.33 Å². The Labute approximate surface area is 77.2 Å². The highest BCUT2D eigenvalue weighted by molar-refractivity contribution is 5.64. The molecule has 1 amide bonds. The molecule has 0 aliphatic heterocycles. The Hall–Kier alpha value is -1.66. The molecule has 0 bridgehead atoms. The first-order chi connectivity index (χ1) is 6.29. The van der Waals surface area contributed by atoms with Gasteiger partial charge < -0.3 is 10.4 Å². The van der Waals surface area contributed by atoms with E-state index in [0.29, 0.717) is 13.1 Å². The van der Waals surface area contributed by atoms with Crippen molar-refractivity contribution in [1.29, 1.82) is 0 Å². The predicted molar refractivity (Wildman–Crippen MR) is 47.3 cm³/mol. The topological polar surface area (TPSA) is 92.9 Å². The Kier molecular flexibility index (Phi) is 6.12. The lowest BCUT2D eigenvalue weighted by atomic mass is 10.6. The molecule has 1 aromatic rings. The van der Waals surface area contributed by atoms with E-state index in [1.807, 2.05) is 13.8 Å². The fourth-order valence-electron chi connectivity index (χ4n) is 0.560. The van der Waals surface area contributed by atoms with Gasteiger partial charge in [-0.15, -0.1) is 5.10 Å². The summed E-state index contributed by atoms with van der Waals surface area (Å²) in [6, 6.07) is 0. The van der Waals surface area contributed by atoms with E-state index in [1.54, 1.807) is 0 Å². The Morgan fingerprint density at radius 2 is 2.38 bits per heavy atom. The Bertz CT molecular complexity index is 228. The van der Waals surface area contributed by atoms with Gasteiger partial charge in [-0.2, -0.15) is 0 Å². The number of hydrogen-bond acceptors (Lipinski definition) is 4. The number of tetrazole rings is 1. The molecule has 76 valence electrons. The minimum absolute atomic E-state index is 0. The number of carboxylic acid groups (broad SMARTS) is 1. The summed E-state index contributed by atoms with van der Waals surface area (Å²) in [5, 5.41) is 20.6. The SMILES string of the molecule is CC.O=C(O)NCCn1cnnn1.[HH]. The van der Waals surface area contributed by atoms with Gasteiger partial charge in [0.1, 0.15) is 6.33 Å². The predicted octanol–water partition coefficient (Wildman–Crippen LogP) is 0.213. The van der Waals surface area contributed by atoms with Gasteiger partial charge in [0, 0.05) is 7.97 Å². The van der Waals surface area contributed by atoms with Crippen molar-refractivity contribution in [3.63, 3.8) is 0 Å². The number of carbonyl (C=O) groups is 1. The van der Waals surface area contributed by atoms with Crippen LogP contribution in [0.5, 0.6) is 0 Å². The van der Waals surface area contributed by atoms with Crippen LogP contribution < -0.4 is 5.32 Å². The molecule has 1 rings (SSSR count). The fourth-order valence-corrected chi connectivity index (χ4v) is 0.560. The van der Waals surface area contributed by atoms with Crippen molar-refractivity contribution < 1.29 is 11.3 Å². The van der Waals surface area contributed by atoms with Crippen LogP contribution in [0.2, 0.25) is 0 Å². The summed E-state index contributed by atoms with van der Waals surface area (Å²) in [5.41, 5.74) is 0. The van der Waals surface area contributed by atoms with E-state index in [9.17, 15) is 4.79 Å². The van der Waals surface area contributed by atoms with Crippen molar-refractivity contribution in [1.82, 2.24) is 25.5 Å². The zero-order chi connectivity index (χ0) is 10.1. The van der Waals surface area contributed by atoms with Crippen molar-refractivity contribution in [3.05, 3.63) is 6.33 Å². The van der Waals surface area contributed by atoms with E-state index in [0.717, 1.165) is 0 Å². The quantitative estimate of drug-likeness (QED) is 0.709. The molecule has 2 N–H and O–H groups in total. The molecule has 0 fully saturated rings. The number of hydrogen-bond donors (Lipinski definition) is 2. The monoisotopic (exact) mass is 189 g/mol. The average Bonchev–Trinajstić information content (AvgIpc) is 2.60. The summed E-state index contributed by atoms with van der Waals surface area (Å²) in [5.74, 6) is 0. The molecule has 0 saturated carbocycles. The summed E-state index contributed by atoms with van der Waals surface area (Å²) in [7, 11) is 0. The van der Waals surface area contributed by atoms with Crippen molar-refractivity contribution in [2.24, 2.45) is 0 Å². The van der Waals surface area contributed by atoms with Crippen LogP contribution >= 0.6 is 0 Å². The van der Waals surface area contributed by atoms with Crippen LogP contribution in [0.25, 0.3) is 0 Å². The number of rotatable bonds is 3. The highest BCUT2D eigenvalue weighted by Crippen LogP contribution is 1.74. The standard InChI is InChI=1S/C4H7N5O2.C2H6.H2/c10-4(11)5-1-2-9-3-6-7-8-9;1-2;/h3,5H,1-2H2,(H,10,11);1-2H3;1H. The van der Waals surface area contributed by atoms with Crippen molar-refractivity contribution in [2.75, 3.05) is 6.54 Å². The maximum absolute atomic E-state index is 9.96. The van der Waals surface area contributed by atoms with Crippen LogP contribution in [-0.4, -0.2) is 38.0 Å². The highest BCUT2D eigenvalue weighted by Gasteiger charge is 1.94. The van der Waals surface area contributed by atoms with Gasteiger partial charge in [0.05, 0.1) is 6.54 Å². The second kappa shape index (κ2) is 7.01. The molecule has 7 nitrogen and oxygen atoms in total. The van der Waals surface area contributed by atoms with Gasteiger partial charge in [-0.25, -0.2) is 9.48 Å². The van der Waals surface area contributed by atoms with Gasteiger partial charge in [-0.05, 0) is 10.4 Å². The molecule has 0 atom stereocenters. The van der Waals surface area contributed by atoms with Crippen LogP contribution in [-0.2, 0) is 6.54 Å². The maximum atomic E-state index is 9.96. The molecule has 0 saturated heterocycles. The minimum atomic E-state index is -1.04. The van der Waals surface area contributed by atoms with Crippen LogP contribution in [0.3, 0.4) is 0 Å². The summed E-state index contributed by atoms with van der Waals surface area (Å²) >= 11 is 0. The number of amides is 1. The summed E-state index contributed by atoms with van der Waals surface area (Å²) in [4.78, 5) is 9.96. The lowest BCUT2D eigenvalue weighted by Gasteiger charge is -1.97. The molecule has 0 unspecified atom stereocenters. The average molecular weight is 189 g/mol. The van der Waals surface area contributed by atoms with E-state index >= 15 is 0 Å². The minimum Gasteiger partial charge on any atom is -0.465 e. The third-order valence-corrected chi connectivity index (χ3v) is 1.01. The van der Waals surface area contributed by atoms with E-state index in [-0.39, 0.29) is 1.43 Å². The largest absolute Gasteiger partial charge is 0.465 e. The molecule has 0 aromatic carbocycles.